The number of primary amides is 1. The van der Waals surface area contributed by atoms with E-state index >= 15 is 0 Å². The molecule has 1 aliphatic rings. The predicted molar refractivity (Wildman–Crippen MR) is 79.4 cm³/mol. The lowest BCUT2D eigenvalue weighted by atomic mass is 10.0. The van der Waals surface area contributed by atoms with Gasteiger partial charge in [-0.2, -0.15) is 0 Å². The first-order chi connectivity index (χ1) is 10.2. The molecule has 0 radical (unpaired) electrons. The second kappa shape index (κ2) is 7.73. The zero-order valence-electron chi connectivity index (χ0n) is 12.1. The average molecular weight is 290 g/mol. The van der Waals surface area contributed by atoms with Gasteiger partial charge < -0.3 is 16.0 Å². The summed E-state index contributed by atoms with van der Waals surface area (Å²) in [5.41, 5.74) is 6.31. The predicted octanol–water partition coefficient (Wildman–Crippen LogP) is 0.0801. The molecule has 21 heavy (non-hydrogen) atoms. The second-order valence-corrected chi connectivity index (χ2v) is 5.33. The van der Waals surface area contributed by atoms with Gasteiger partial charge in [-0.25, -0.2) is 0 Å². The molecule has 0 atom stereocenters. The number of nitrogens with zero attached hydrogens (tertiary/aromatic N) is 2. The number of rotatable bonds is 6. The Labute approximate surface area is 124 Å². The molecule has 2 heterocycles. The molecule has 6 nitrogen and oxygen atoms in total. The first-order valence-corrected chi connectivity index (χ1v) is 7.34. The van der Waals surface area contributed by atoms with Crippen LogP contribution >= 0.6 is 0 Å². The van der Waals surface area contributed by atoms with Gasteiger partial charge >= 0.3 is 0 Å². The molecule has 1 aromatic rings. The third-order valence-electron chi connectivity index (χ3n) is 3.75. The molecule has 0 unspecified atom stereocenters. The van der Waals surface area contributed by atoms with Crippen LogP contribution in [0.3, 0.4) is 0 Å². The fourth-order valence-corrected chi connectivity index (χ4v) is 2.65. The zero-order chi connectivity index (χ0) is 15.1. The number of piperidine rings is 1. The van der Waals surface area contributed by atoms with Crippen LogP contribution in [0.2, 0.25) is 0 Å². The molecule has 1 fully saturated rings. The van der Waals surface area contributed by atoms with E-state index in [2.05, 4.69) is 10.3 Å². The number of nitrogens with one attached hydrogen (secondary N) is 1. The van der Waals surface area contributed by atoms with Gasteiger partial charge in [0.2, 0.25) is 11.8 Å². The van der Waals surface area contributed by atoms with Crippen LogP contribution in [0.25, 0.3) is 0 Å². The number of nitrogens with two attached hydrogens (primary N) is 1. The summed E-state index contributed by atoms with van der Waals surface area (Å²) in [4.78, 5) is 29.4. The van der Waals surface area contributed by atoms with Crippen molar-refractivity contribution >= 4 is 11.8 Å². The molecule has 1 aliphatic heterocycles. The summed E-state index contributed by atoms with van der Waals surface area (Å²) in [5, 5.41) is 3.26. The zero-order valence-corrected chi connectivity index (χ0v) is 12.1. The highest BCUT2D eigenvalue weighted by atomic mass is 16.2. The van der Waals surface area contributed by atoms with Crippen LogP contribution in [-0.2, 0) is 16.0 Å². The van der Waals surface area contributed by atoms with Gasteiger partial charge in [-0.1, -0.05) is 6.07 Å². The van der Waals surface area contributed by atoms with Crippen molar-refractivity contribution in [3.8, 4) is 0 Å². The summed E-state index contributed by atoms with van der Waals surface area (Å²) in [5.74, 6) is -0.465. The van der Waals surface area contributed by atoms with Gasteiger partial charge in [-0.05, 0) is 44.0 Å². The first-order valence-electron chi connectivity index (χ1n) is 7.34. The number of aromatic nitrogens is 1. The molecule has 2 amide bonds. The summed E-state index contributed by atoms with van der Waals surface area (Å²) in [6.07, 6.45) is 6.21. The van der Waals surface area contributed by atoms with Crippen LogP contribution in [0.4, 0.5) is 0 Å². The Balaban J connectivity index is 1.94. The minimum atomic E-state index is -0.455. The summed E-state index contributed by atoms with van der Waals surface area (Å²) in [6.45, 7) is 1.75. The number of hydrogen-bond donors (Lipinski definition) is 2. The Bertz CT molecular complexity index is 472. The Morgan fingerprint density at radius 3 is 2.76 bits per heavy atom. The van der Waals surface area contributed by atoms with E-state index in [1.165, 1.54) is 0 Å². The number of pyridine rings is 1. The van der Waals surface area contributed by atoms with E-state index in [4.69, 9.17) is 5.73 Å². The third-order valence-corrected chi connectivity index (χ3v) is 3.75. The Morgan fingerprint density at radius 2 is 2.14 bits per heavy atom. The van der Waals surface area contributed by atoms with Crippen molar-refractivity contribution in [2.24, 2.45) is 5.73 Å². The maximum Gasteiger partial charge on any atom is 0.237 e. The summed E-state index contributed by atoms with van der Waals surface area (Å²) in [6, 6.07) is 3.91. The van der Waals surface area contributed by atoms with Crippen molar-refractivity contribution in [1.29, 1.82) is 0 Å². The molecule has 0 bridgehead atoms. The van der Waals surface area contributed by atoms with Crippen molar-refractivity contribution in [1.82, 2.24) is 15.2 Å². The molecule has 3 N–H and O–H groups in total. The average Bonchev–Trinajstić information content (AvgIpc) is 2.52. The Hall–Kier alpha value is -1.95. The monoisotopic (exact) mass is 290 g/mol. The molecule has 6 heteroatoms. The Morgan fingerprint density at radius 1 is 1.38 bits per heavy atom. The molecule has 1 saturated heterocycles. The van der Waals surface area contributed by atoms with Crippen molar-refractivity contribution in [2.45, 2.75) is 31.7 Å². The van der Waals surface area contributed by atoms with Crippen molar-refractivity contribution in [3.63, 3.8) is 0 Å². The maximum absolute atomic E-state index is 12.4. The highest BCUT2D eigenvalue weighted by Crippen LogP contribution is 2.14. The van der Waals surface area contributed by atoms with E-state index < -0.39 is 5.91 Å². The van der Waals surface area contributed by atoms with E-state index in [0.29, 0.717) is 12.8 Å². The van der Waals surface area contributed by atoms with Gasteiger partial charge in [-0.15, -0.1) is 0 Å². The minimum absolute atomic E-state index is 0.00967. The van der Waals surface area contributed by atoms with Gasteiger partial charge in [0.1, 0.15) is 0 Å². The molecule has 114 valence electrons. The fourth-order valence-electron chi connectivity index (χ4n) is 2.65. The molecule has 0 spiro atoms. The lowest BCUT2D eigenvalue weighted by Gasteiger charge is -2.34. The molecule has 0 saturated carbocycles. The van der Waals surface area contributed by atoms with E-state index in [-0.39, 0.29) is 18.5 Å². The quantitative estimate of drug-likeness (QED) is 0.776. The van der Waals surface area contributed by atoms with Gasteiger partial charge in [-0.3, -0.25) is 14.6 Å². The van der Waals surface area contributed by atoms with Crippen LogP contribution in [0.1, 0.15) is 24.8 Å². The summed E-state index contributed by atoms with van der Waals surface area (Å²) < 4.78 is 0. The van der Waals surface area contributed by atoms with Gasteiger partial charge in [0.05, 0.1) is 6.54 Å². The topological polar surface area (TPSA) is 88.3 Å². The molecular formula is C15H22N4O2. The molecule has 0 aliphatic carbocycles. The highest BCUT2D eigenvalue weighted by Gasteiger charge is 2.26. The number of amides is 2. The van der Waals surface area contributed by atoms with Gasteiger partial charge in [0, 0.05) is 24.9 Å². The smallest absolute Gasteiger partial charge is 0.237 e. The SMILES string of the molecule is NC(=O)CN(C(=O)CCc1cccnc1)C1CCNCC1. The minimum Gasteiger partial charge on any atom is -0.368 e. The van der Waals surface area contributed by atoms with Gasteiger partial charge in [0.25, 0.3) is 0 Å². The van der Waals surface area contributed by atoms with Gasteiger partial charge in [0.15, 0.2) is 0 Å². The van der Waals surface area contributed by atoms with E-state index in [1.807, 2.05) is 12.1 Å². The van der Waals surface area contributed by atoms with Crippen molar-refractivity contribution in [3.05, 3.63) is 30.1 Å². The number of carbonyl (C=O) groups excluding carboxylic acids is 2. The van der Waals surface area contributed by atoms with Crippen molar-refractivity contribution in [2.75, 3.05) is 19.6 Å². The molecular weight excluding hydrogens is 268 g/mol. The largest absolute Gasteiger partial charge is 0.368 e. The molecule has 2 rings (SSSR count). The number of carbonyl (C=O) groups is 2. The maximum atomic E-state index is 12.4. The fraction of sp³-hybridized carbons (Fsp3) is 0.533. The van der Waals surface area contributed by atoms with E-state index in [1.54, 1.807) is 17.3 Å². The van der Waals surface area contributed by atoms with Crippen LogP contribution in [0, 0.1) is 0 Å². The first kappa shape index (κ1) is 15.4. The van der Waals surface area contributed by atoms with Crippen molar-refractivity contribution < 1.29 is 9.59 Å². The lowest BCUT2D eigenvalue weighted by molar-refractivity contribution is -0.138. The van der Waals surface area contributed by atoms with E-state index in [9.17, 15) is 9.59 Å². The Kier molecular flexibility index (Phi) is 5.68. The lowest BCUT2D eigenvalue weighted by Crippen LogP contribution is -2.49. The molecule has 0 aromatic carbocycles. The van der Waals surface area contributed by atoms with Crippen LogP contribution in [0.5, 0.6) is 0 Å². The van der Waals surface area contributed by atoms with E-state index in [0.717, 1.165) is 31.5 Å². The third kappa shape index (κ3) is 4.82. The van der Waals surface area contributed by atoms with Crippen LogP contribution < -0.4 is 11.1 Å². The summed E-state index contributed by atoms with van der Waals surface area (Å²) >= 11 is 0. The normalized spacial score (nSPS) is 15.6. The van der Waals surface area contributed by atoms with Crippen LogP contribution in [-0.4, -0.2) is 47.4 Å². The van der Waals surface area contributed by atoms with Crippen LogP contribution in [0.15, 0.2) is 24.5 Å². The number of hydrogen-bond acceptors (Lipinski definition) is 4. The standard InChI is InChI=1S/C15H22N4O2/c16-14(20)11-19(13-5-8-17-9-6-13)15(21)4-3-12-2-1-7-18-10-12/h1-2,7,10,13,17H,3-6,8-9,11H2,(H2,16,20). The highest BCUT2D eigenvalue weighted by molar-refractivity contribution is 5.84. The second-order valence-electron chi connectivity index (χ2n) is 5.33. The molecule has 1 aromatic heterocycles. The summed E-state index contributed by atoms with van der Waals surface area (Å²) in [7, 11) is 0. The number of aryl methyl sites for hydroxylation is 1.